The van der Waals surface area contributed by atoms with E-state index in [-0.39, 0.29) is 5.57 Å². The van der Waals surface area contributed by atoms with Crippen LogP contribution in [-0.2, 0) is 4.79 Å². The Morgan fingerprint density at radius 3 is 3.08 bits per heavy atom. The molecule has 0 saturated heterocycles. The van der Waals surface area contributed by atoms with Gasteiger partial charge in [0.1, 0.15) is 5.83 Å². The van der Waals surface area contributed by atoms with Crippen molar-refractivity contribution in [3.63, 3.8) is 0 Å². The number of rotatable bonds is 1. The summed E-state index contributed by atoms with van der Waals surface area (Å²) in [5.74, 6) is -0.852. The standard InChI is InChI=1S/C9H10FNO/c1-11-9(12)7-5-3-2-4-6-8(7)10/h2-3,5-6H,4H2,1H3,(H,11,12). The maximum atomic E-state index is 13.0. The van der Waals surface area contributed by atoms with Crippen molar-refractivity contribution >= 4 is 5.91 Å². The van der Waals surface area contributed by atoms with E-state index in [4.69, 9.17) is 0 Å². The maximum absolute atomic E-state index is 13.0. The molecule has 0 saturated carbocycles. The number of allylic oxidation sites excluding steroid dienone is 4. The van der Waals surface area contributed by atoms with Gasteiger partial charge in [-0.05, 0) is 18.6 Å². The molecule has 1 aliphatic rings. The van der Waals surface area contributed by atoms with E-state index in [9.17, 15) is 9.18 Å². The number of likely N-dealkylation sites (N-methyl/N-ethyl adjacent to an activating group) is 1. The van der Waals surface area contributed by atoms with Gasteiger partial charge in [0.25, 0.3) is 5.91 Å². The topological polar surface area (TPSA) is 29.1 Å². The highest BCUT2D eigenvalue weighted by Crippen LogP contribution is 2.15. The molecule has 0 aliphatic heterocycles. The molecular weight excluding hydrogens is 157 g/mol. The van der Waals surface area contributed by atoms with E-state index in [1.165, 1.54) is 19.2 Å². The molecule has 2 nitrogen and oxygen atoms in total. The van der Waals surface area contributed by atoms with Gasteiger partial charge < -0.3 is 5.32 Å². The van der Waals surface area contributed by atoms with Gasteiger partial charge in [-0.1, -0.05) is 12.2 Å². The second-order valence-electron chi connectivity index (χ2n) is 2.38. The Labute approximate surface area is 70.5 Å². The number of nitrogens with one attached hydrogen (secondary N) is 1. The van der Waals surface area contributed by atoms with Gasteiger partial charge in [0.15, 0.2) is 0 Å². The fourth-order valence-corrected chi connectivity index (χ4v) is 0.923. The summed E-state index contributed by atoms with van der Waals surface area (Å²) in [6.07, 6.45) is 6.84. The molecule has 0 atom stereocenters. The molecule has 1 N–H and O–H groups in total. The van der Waals surface area contributed by atoms with Gasteiger partial charge >= 0.3 is 0 Å². The van der Waals surface area contributed by atoms with E-state index in [2.05, 4.69) is 5.32 Å². The van der Waals surface area contributed by atoms with Gasteiger partial charge in [-0.25, -0.2) is 4.39 Å². The monoisotopic (exact) mass is 167 g/mol. The average Bonchev–Trinajstić information content (AvgIpc) is 2.28. The Hall–Kier alpha value is -1.38. The number of amides is 1. The van der Waals surface area contributed by atoms with E-state index >= 15 is 0 Å². The molecule has 1 aliphatic carbocycles. The molecule has 0 spiro atoms. The summed E-state index contributed by atoms with van der Waals surface area (Å²) >= 11 is 0. The molecule has 1 amide bonds. The van der Waals surface area contributed by atoms with Gasteiger partial charge in [0.05, 0.1) is 5.57 Å². The normalized spacial score (nSPS) is 16.2. The summed E-state index contributed by atoms with van der Waals surface area (Å²) in [6, 6.07) is 0. The molecule has 0 aromatic heterocycles. The van der Waals surface area contributed by atoms with Crippen LogP contribution in [0.15, 0.2) is 35.7 Å². The molecule has 0 fully saturated rings. The van der Waals surface area contributed by atoms with Crippen LogP contribution in [0, 0.1) is 0 Å². The number of hydrogen-bond acceptors (Lipinski definition) is 1. The zero-order chi connectivity index (χ0) is 8.97. The third-order valence-corrected chi connectivity index (χ3v) is 1.56. The minimum Gasteiger partial charge on any atom is -0.355 e. The van der Waals surface area contributed by atoms with Crippen LogP contribution in [0.3, 0.4) is 0 Å². The van der Waals surface area contributed by atoms with Gasteiger partial charge in [-0.2, -0.15) is 0 Å². The highest BCUT2D eigenvalue weighted by molar-refractivity contribution is 5.97. The highest BCUT2D eigenvalue weighted by Gasteiger charge is 2.12. The zero-order valence-corrected chi connectivity index (χ0v) is 6.80. The van der Waals surface area contributed by atoms with E-state index < -0.39 is 11.7 Å². The lowest BCUT2D eigenvalue weighted by atomic mass is 10.2. The number of hydrogen-bond donors (Lipinski definition) is 1. The molecule has 0 radical (unpaired) electrons. The lowest BCUT2D eigenvalue weighted by molar-refractivity contribution is -0.116. The Balaban J connectivity index is 2.92. The zero-order valence-electron chi connectivity index (χ0n) is 6.80. The Morgan fingerprint density at radius 1 is 1.67 bits per heavy atom. The molecule has 0 bridgehead atoms. The van der Waals surface area contributed by atoms with Gasteiger partial charge in [-0.3, -0.25) is 4.79 Å². The second kappa shape index (κ2) is 3.85. The number of halogens is 1. The first-order valence-corrected chi connectivity index (χ1v) is 3.70. The lowest BCUT2D eigenvalue weighted by Gasteiger charge is -2.00. The molecule has 12 heavy (non-hydrogen) atoms. The summed E-state index contributed by atoms with van der Waals surface area (Å²) in [7, 11) is 1.48. The molecule has 0 heterocycles. The quantitative estimate of drug-likeness (QED) is 0.629. The van der Waals surface area contributed by atoms with Crippen LogP contribution in [0.25, 0.3) is 0 Å². The summed E-state index contributed by atoms with van der Waals surface area (Å²) < 4.78 is 13.0. The second-order valence-corrected chi connectivity index (χ2v) is 2.38. The molecule has 64 valence electrons. The van der Waals surface area contributed by atoms with Crippen LogP contribution in [-0.4, -0.2) is 13.0 Å². The molecular formula is C9H10FNO. The largest absolute Gasteiger partial charge is 0.355 e. The van der Waals surface area contributed by atoms with Gasteiger partial charge in [-0.15, -0.1) is 0 Å². The van der Waals surface area contributed by atoms with E-state index in [0.29, 0.717) is 6.42 Å². The minimum absolute atomic E-state index is 0.0891. The van der Waals surface area contributed by atoms with Crippen molar-refractivity contribution < 1.29 is 9.18 Å². The van der Waals surface area contributed by atoms with E-state index in [1.54, 1.807) is 12.2 Å². The maximum Gasteiger partial charge on any atom is 0.253 e. The smallest absolute Gasteiger partial charge is 0.253 e. The first-order valence-electron chi connectivity index (χ1n) is 3.70. The number of carbonyl (C=O) groups excluding carboxylic acids is 1. The summed E-state index contributed by atoms with van der Waals surface area (Å²) in [4.78, 5) is 11.0. The fourth-order valence-electron chi connectivity index (χ4n) is 0.923. The third kappa shape index (κ3) is 1.81. The SMILES string of the molecule is CNC(=O)C1=CC=CCC=C1F. The third-order valence-electron chi connectivity index (χ3n) is 1.56. The first kappa shape index (κ1) is 8.71. The highest BCUT2D eigenvalue weighted by atomic mass is 19.1. The van der Waals surface area contributed by atoms with Crippen molar-refractivity contribution in [3.05, 3.63) is 35.7 Å². The fraction of sp³-hybridized carbons (Fsp3) is 0.222. The van der Waals surface area contributed by atoms with E-state index in [1.807, 2.05) is 0 Å². The molecule has 1 rings (SSSR count). The predicted octanol–water partition coefficient (Wildman–Crippen LogP) is 1.47. The van der Waals surface area contributed by atoms with Crippen molar-refractivity contribution in [2.24, 2.45) is 0 Å². The summed E-state index contributed by atoms with van der Waals surface area (Å²) in [5.41, 5.74) is 0.0891. The predicted molar refractivity (Wildman–Crippen MR) is 45.1 cm³/mol. The molecule has 0 unspecified atom stereocenters. The van der Waals surface area contributed by atoms with Gasteiger partial charge in [0, 0.05) is 7.05 Å². The number of carbonyl (C=O) groups is 1. The first-order chi connectivity index (χ1) is 5.75. The Bertz CT molecular complexity index is 276. The van der Waals surface area contributed by atoms with Crippen LogP contribution in [0.1, 0.15) is 6.42 Å². The van der Waals surface area contributed by atoms with E-state index in [0.717, 1.165) is 0 Å². The van der Waals surface area contributed by atoms with Crippen molar-refractivity contribution in [1.29, 1.82) is 0 Å². The van der Waals surface area contributed by atoms with Crippen molar-refractivity contribution in [3.8, 4) is 0 Å². The Kier molecular flexibility index (Phi) is 2.80. The van der Waals surface area contributed by atoms with Gasteiger partial charge in [0.2, 0.25) is 0 Å². The van der Waals surface area contributed by atoms with Crippen LogP contribution in [0.5, 0.6) is 0 Å². The Morgan fingerprint density at radius 2 is 2.42 bits per heavy atom. The van der Waals surface area contributed by atoms with Crippen LogP contribution in [0.2, 0.25) is 0 Å². The summed E-state index contributed by atoms with van der Waals surface area (Å²) in [5, 5.41) is 2.37. The van der Waals surface area contributed by atoms with Crippen LogP contribution in [0.4, 0.5) is 4.39 Å². The van der Waals surface area contributed by atoms with Crippen molar-refractivity contribution in [2.75, 3.05) is 7.05 Å². The average molecular weight is 167 g/mol. The van der Waals surface area contributed by atoms with Crippen molar-refractivity contribution in [1.82, 2.24) is 5.32 Å². The molecule has 0 aromatic carbocycles. The lowest BCUT2D eigenvalue weighted by Crippen LogP contribution is -2.20. The minimum atomic E-state index is -0.459. The summed E-state index contributed by atoms with van der Waals surface area (Å²) in [6.45, 7) is 0. The molecule has 0 aromatic rings. The van der Waals surface area contributed by atoms with Crippen LogP contribution >= 0.6 is 0 Å². The van der Waals surface area contributed by atoms with Crippen LogP contribution < -0.4 is 5.32 Å². The van der Waals surface area contributed by atoms with Crippen molar-refractivity contribution in [2.45, 2.75) is 6.42 Å². The molecule has 3 heteroatoms.